The van der Waals surface area contributed by atoms with Crippen molar-refractivity contribution in [3.8, 4) is 5.75 Å². The summed E-state index contributed by atoms with van der Waals surface area (Å²) in [6.07, 6.45) is 9.32. The Hall–Kier alpha value is -3.50. The minimum absolute atomic E-state index is 0.0383. The number of benzene rings is 1. The normalized spacial score (nSPS) is 21.7. The van der Waals surface area contributed by atoms with Gasteiger partial charge in [-0.2, -0.15) is 14.6 Å². The number of allylic oxidation sites excluding steroid dienone is 2. The molecule has 0 bridgehead atoms. The van der Waals surface area contributed by atoms with Crippen LogP contribution in [0.1, 0.15) is 66.3 Å². The predicted octanol–water partition coefficient (Wildman–Crippen LogP) is 3.37. The highest BCUT2D eigenvalue weighted by atomic mass is 35.5. The third-order valence-corrected chi connectivity index (χ3v) is 7.16. The van der Waals surface area contributed by atoms with Crippen molar-refractivity contribution in [3.05, 3.63) is 68.9 Å². The molecule has 1 saturated carbocycles. The van der Waals surface area contributed by atoms with Crippen molar-refractivity contribution in [1.82, 2.24) is 24.6 Å². The van der Waals surface area contributed by atoms with Crippen molar-refractivity contribution in [3.63, 3.8) is 0 Å². The van der Waals surface area contributed by atoms with E-state index in [1.54, 1.807) is 18.2 Å². The first-order valence-corrected chi connectivity index (χ1v) is 12.6. The van der Waals surface area contributed by atoms with E-state index in [4.69, 9.17) is 22.1 Å². The Kier molecular flexibility index (Phi) is 5.85. The lowest BCUT2D eigenvalue weighted by Crippen LogP contribution is -2.39. The van der Waals surface area contributed by atoms with Crippen molar-refractivity contribution in [2.75, 3.05) is 0 Å². The number of nitrogens with one attached hydrogen (secondary N) is 1. The van der Waals surface area contributed by atoms with Gasteiger partial charge in [-0.15, -0.1) is 0 Å². The number of amides is 1. The van der Waals surface area contributed by atoms with Gasteiger partial charge in [0, 0.05) is 24.1 Å². The lowest BCUT2D eigenvalue weighted by molar-refractivity contribution is 0.0712. The van der Waals surface area contributed by atoms with E-state index < -0.39 is 12.1 Å². The van der Waals surface area contributed by atoms with Crippen LogP contribution in [0.4, 0.5) is 0 Å². The van der Waals surface area contributed by atoms with Crippen LogP contribution in [0.5, 0.6) is 5.75 Å². The van der Waals surface area contributed by atoms with Gasteiger partial charge in [0.05, 0.1) is 10.7 Å². The Morgan fingerprint density at radius 1 is 1.19 bits per heavy atom. The topological polar surface area (TPSA) is 131 Å². The maximum atomic E-state index is 13.4. The van der Waals surface area contributed by atoms with E-state index in [-0.39, 0.29) is 40.2 Å². The number of carbonyl (C=O) groups excluding carboxylic acids is 1. The standard InChI is InChI=1S/C25H26ClN7O3/c26-17-7-4-8-19(22(17)24(35)32-20(27)12-18(30-32)14-9-10-14)36-13-16-11-21(34)33-25(28-16)29-23(31-33)15-5-2-1-3-6-15/h1-2,4,7-8,11,14-15,20H,3,5-6,9-10,12-13,27H2,(H,28,29,31). The fourth-order valence-corrected chi connectivity index (χ4v) is 5.00. The van der Waals surface area contributed by atoms with Gasteiger partial charge in [0.25, 0.3) is 17.2 Å². The number of ether oxygens (including phenoxy) is 1. The smallest absolute Gasteiger partial charge is 0.280 e. The van der Waals surface area contributed by atoms with Gasteiger partial charge in [-0.05, 0) is 50.2 Å². The number of halogens is 1. The van der Waals surface area contributed by atoms with Crippen molar-refractivity contribution in [2.24, 2.45) is 16.8 Å². The highest BCUT2D eigenvalue weighted by Gasteiger charge is 2.38. The zero-order valence-corrected chi connectivity index (χ0v) is 20.3. The molecule has 2 aliphatic carbocycles. The maximum Gasteiger partial charge on any atom is 0.280 e. The SMILES string of the molecule is NC1CC(C2CC2)=NN1C(=O)c1c(Cl)cccc1OCc1cc(=O)n2[nH]c(C3CC=CCC3)nc2n1. The highest BCUT2D eigenvalue weighted by Crippen LogP contribution is 2.36. The molecule has 0 spiro atoms. The zero-order chi connectivity index (χ0) is 24.8. The summed E-state index contributed by atoms with van der Waals surface area (Å²) in [4.78, 5) is 35.1. The Balaban J connectivity index is 1.24. The van der Waals surface area contributed by atoms with Crippen LogP contribution in [0.2, 0.25) is 5.02 Å². The van der Waals surface area contributed by atoms with Crippen LogP contribution >= 0.6 is 11.6 Å². The molecule has 3 N–H and O–H groups in total. The molecule has 11 heteroatoms. The van der Waals surface area contributed by atoms with Crippen LogP contribution in [-0.2, 0) is 6.61 Å². The average Bonchev–Trinajstić information content (AvgIpc) is 3.52. The highest BCUT2D eigenvalue weighted by molar-refractivity contribution is 6.34. The Bertz CT molecular complexity index is 1460. The first-order chi connectivity index (χ1) is 17.5. The number of carbonyl (C=O) groups is 1. The Morgan fingerprint density at radius 3 is 2.83 bits per heavy atom. The lowest BCUT2D eigenvalue weighted by Gasteiger charge is -2.20. The number of hydrogen-bond donors (Lipinski definition) is 2. The first-order valence-electron chi connectivity index (χ1n) is 12.2. The first kappa shape index (κ1) is 22.9. The molecule has 1 amide bonds. The van der Waals surface area contributed by atoms with Crippen LogP contribution in [0.3, 0.4) is 0 Å². The van der Waals surface area contributed by atoms with Gasteiger partial charge in [0.1, 0.15) is 29.9 Å². The van der Waals surface area contributed by atoms with Crippen LogP contribution in [0.25, 0.3) is 5.78 Å². The fraction of sp³-hybridized carbons (Fsp3) is 0.400. The Morgan fingerprint density at radius 2 is 2.06 bits per heavy atom. The lowest BCUT2D eigenvalue weighted by atomic mass is 9.94. The summed E-state index contributed by atoms with van der Waals surface area (Å²) in [6, 6.07) is 6.36. The molecule has 1 fully saturated rings. The van der Waals surface area contributed by atoms with E-state index in [0.717, 1.165) is 43.6 Å². The molecule has 2 unspecified atom stereocenters. The summed E-state index contributed by atoms with van der Waals surface area (Å²) in [5.74, 6) is 1.55. The Labute approximate surface area is 211 Å². The molecule has 10 nitrogen and oxygen atoms in total. The van der Waals surface area contributed by atoms with E-state index in [2.05, 4.69) is 32.3 Å². The van der Waals surface area contributed by atoms with Crippen LogP contribution in [-0.4, -0.2) is 42.4 Å². The molecule has 1 aromatic carbocycles. The summed E-state index contributed by atoms with van der Waals surface area (Å²) in [7, 11) is 0. The largest absolute Gasteiger partial charge is 0.486 e. The molecule has 2 atom stereocenters. The molecular formula is C25H26ClN7O3. The molecule has 0 radical (unpaired) electrons. The number of fused-ring (bicyclic) bond motifs is 1. The van der Waals surface area contributed by atoms with Gasteiger partial charge < -0.3 is 10.5 Å². The van der Waals surface area contributed by atoms with Crippen LogP contribution in [0, 0.1) is 5.92 Å². The van der Waals surface area contributed by atoms with Crippen LogP contribution < -0.4 is 16.0 Å². The number of H-pyrrole nitrogens is 1. The van der Waals surface area contributed by atoms with Gasteiger partial charge in [-0.1, -0.05) is 29.8 Å². The quantitative estimate of drug-likeness (QED) is 0.492. The van der Waals surface area contributed by atoms with Crippen molar-refractivity contribution in [2.45, 2.75) is 57.2 Å². The zero-order valence-electron chi connectivity index (χ0n) is 19.6. The summed E-state index contributed by atoms with van der Waals surface area (Å²) in [6.45, 7) is -0.0383. The number of hydrazone groups is 1. The predicted molar refractivity (Wildman–Crippen MR) is 134 cm³/mol. The van der Waals surface area contributed by atoms with Crippen molar-refractivity contribution in [1.29, 1.82) is 0 Å². The number of nitrogens with zero attached hydrogens (tertiary/aromatic N) is 5. The van der Waals surface area contributed by atoms with E-state index in [9.17, 15) is 9.59 Å². The molecule has 6 rings (SSSR count). The van der Waals surface area contributed by atoms with Crippen molar-refractivity contribution >= 4 is 29.0 Å². The number of hydrogen-bond acceptors (Lipinski definition) is 7. The molecule has 3 aliphatic rings. The number of rotatable bonds is 6. The summed E-state index contributed by atoms with van der Waals surface area (Å²) in [5, 5.41) is 9.10. The third kappa shape index (κ3) is 4.31. The molecule has 0 saturated heterocycles. The molecule has 2 aromatic heterocycles. The summed E-state index contributed by atoms with van der Waals surface area (Å²) >= 11 is 6.42. The van der Waals surface area contributed by atoms with E-state index in [1.807, 2.05) is 0 Å². The fourth-order valence-electron chi connectivity index (χ4n) is 4.76. The van der Waals surface area contributed by atoms with Crippen LogP contribution in [0.15, 0.2) is 46.3 Å². The summed E-state index contributed by atoms with van der Waals surface area (Å²) < 4.78 is 7.30. The number of aromatic amines is 1. The third-order valence-electron chi connectivity index (χ3n) is 6.85. The molecule has 3 aromatic rings. The minimum atomic E-state index is -0.533. The van der Waals surface area contributed by atoms with E-state index in [0.29, 0.717) is 18.0 Å². The van der Waals surface area contributed by atoms with E-state index >= 15 is 0 Å². The van der Waals surface area contributed by atoms with E-state index in [1.165, 1.54) is 15.6 Å². The molecular weight excluding hydrogens is 482 g/mol. The maximum absolute atomic E-state index is 13.4. The molecule has 186 valence electrons. The molecule has 1 aliphatic heterocycles. The second-order valence-electron chi connectivity index (χ2n) is 9.50. The van der Waals surface area contributed by atoms with Gasteiger partial charge in [-0.3, -0.25) is 14.7 Å². The average molecular weight is 508 g/mol. The number of aromatic nitrogens is 4. The monoisotopic (exact) mass is 507 g/mol. The second kappa shape index (κ2) is 9.18. The van der Waals surface area contributed by atoms with Gasteiger partial charge >= 0.3 is 0 Å². The molecule has 3 heterocycles. The number of nitrogens with two attached hydrogens (primary N) is 1. The van der Waals surface area contributed by atoms with Gasteiger partial charge in [-0.25, -0.2) is 9.99 Å². The molecule has 36 heavy (non-hydrogen) atoms. The van der Waals surface area contributed by atoms with Crippen molar-refractivity contribution < 1.29 is 9.53 Å². The van der Waals surface area contributed by atoms with Gasteiger partial charge in [0.2, 0.25) is 0 Å². The second-order valence-corrected chi connectivity index (χ2v) is 9.91. The minimum Gasteiger partial charge on any atom is -0.486 e. The summed E-state index contributed by atoms with van der Waals surface area (Å²) in [5.41, 5.74) is 7.47. The van der Waals surface area contributed by atoms with Gasteiger partial charge in [0.15, 0.2) is 0 Å².